The second kappa shape index (κ2) is 8.72. The molecule has 4 N–H and O–H groups in total. The molecular weight excluding hydrogens is 365 g/mol. The molecule has 0 aromatic carbocycles. The first-order valence-corrected chi connectivity index (χ1v) is 10.2. The number of halogens is 2. The summed E-state index contributed by atoms with van der Waals surface area (Å²) in [7, 11) is 0. The van der Waals surface area contributed by atoms with Crippen LogP contribution in [0.4, 0.5) is 0 Å². The predicted octanol–water partition coefficient (Wildman–Crippen LogP) is 0.526. The molecule has 0 radical (unpaired) electrons. The van der Waals surface area contributed by atoms with Crippen LogP contribution >= 0.6 is 23.2 Å². The van der Waals surface area contributed by atoms with E-state index in [0.717, 1.165) is 19.4 Å². The second-order valence-corrected chi connectivity index (χ2v) is 8.66. The van der Waals surface area contributed by atoms with Gasteiger partial charge in [-0.1, -0.05) is 0 Å². The smallest absolute Gasteiger partial charge is 0.253 e. The van der Waals surface area contributed by atoms with E-state index in [2.05, 4.69) is 5.32 Å². The van der Waals surface area contributed by atoms with Crippen LogP contribution in [0.1, 0.15) is 25.7 Å². The van der Waals surface area contributed by atoms with Crippen LogP contribution in [-0.2, 0) is 9.53 Å². The highest BCUT2D eigenvalue weighted by Gasteiger charge is 2.41. The summed E-state index contributed by atoms with van der Waals surface area (Å²) in [4.78, 5) is 14.4. The van der Waals surface area contributed by atoms with E-state index in [-0.39, 0.29) is 34.7 Å². The molecule has 1 saturated carbocycles. The third kappa shape index (κ3) is 4.60. The van der Waals surface area contributed by atoms with Crippen LogP contribution in [0.2, 0.25) is 0 Å². The van der Waals surface area contributed by atoms with Crippen molar-refractivity contribution in [2.45, 2.75) is 54.7 Å². The Hall–Kier alpha value is -0.110. The summed E-state index contributed by atoms with van der Waals surface area (Å²) in [6.45, 7) is 3.36. The molecule has 0 aromatic rings. The number of amides is 1. The number of rotatable bonds is 3. The van der Waals surface area contributed by atoms with Crippen molar-refractivity contribution in [3.8, 4) is 0 Å². The number of likely N-dealkylation sites (tertiary alicyclic amines) is 1. The van der Waals surface area contributed by atoms with Gasteiger partial charge in [-0.15, -0.1) is 23.2 Å². The maximum absolute atomic E-state index is 12.5. The van der Waals surface area contributed by atoms with E-state index < -0.39 is 6.10 Å². The van der Waals surface area contributed by atoms with E-state index in [0.29, 0.717) is 45.0 Å². The number of alkyl halides is 2. The lowest BCUT2D eigenvalue weighted by molar-refractivity contribution is -0.146. The zero-order chi connectivity index (χ0) is 18.0. The lowest BCUT2D eigenvalue weighted by Crippen LogP contribution is -2.54. The van der Waals surface area contributed by atoms with E-state index in [1.54, 1.807) is 0 Å². The van der Waals surface area contributed by atoms with Gasteiger partial charge < -0.3 is 25.8 Å². The van der Waals surface area contributed by atoms with Crippen molar-refractivity contribution in [1.29, 1.82) is 0 Å². The van der Waals surface area contributed by atoms with Crippen molar-refractivity contribution in [2.75, 3.05) is 32.8 Å². The number of piperidine rings is 1. The van der Waals surface area contributed by atoms with E-state index >= 15 is 0 Å². The summed E-state index contributed by atoms with van der Waals surface area (Å²) in [5.41, 5.74) is 6.49. The van der Waals surface area contributed by atoms with E-state index in [9.17, 15) is 9.90 Å². The van der Waals surface area contributed by atoms with Gasteiger partial charge in [0.05, 0.1) is 23.5 Å². The quantitative estimate of drug-likeness (QED) is 0.608. The minimum Gasteiger partial charge on any atom is -0.393 e. The van der Waals surface area contributed by atoms with Crippen molar-refractivity contribution in [3.05, 3.63) is 0 Å². The summed E-state index contributed by atoms with van der Waals surface area (Å²) < 4.78 is 5.56. The van der Waals surface area contributed by atoms with Crippen molar-refractivity contribution in [2.24, 2.45) is 17.6 Å². The highest BCUT2D eigenvalue weighted by Crippen LogP contribution is 2.37. The Morgan fingerprint density at radius 1 is 1.24 bits per heavy atom. The van der Waals surface area contributed by atoms with Crippen LogP contribution in [0.25, 0.3) is 0 Å². The average Bonchev–Trinajstić information content (AvgIpc) is 2.64. The average molecular weight is 394 g/mol. The maximum Gasteiger partial charge on any atom is 0.253 e. The topological polar surface area (TPSA) is 87.8 Å². The van der Waals surface area contributed by atoms with Gasteiger partial charge in [0.15, 0.2) is 0 Å². The molecule has 1 aliphatic carbocycles. The molecule has 2 saturated heterocycles. The fraction of sp³-hybridized carbons (Fsp3) is 0.941. The normalized spacial score (nSPS) is 39.2. The summed E-state index contributed by atoms with van der Waals surface area (Å²) in [5.74, 6) is 0.350. The van der Waals surface area contributed by atoms with Crippen molar-refractivity contribution in [3.63, 3.8) is 0 Å². The molecule has 3 fully saturated rings. The standard InChI is InChI=1S/C17H29Cl2N3O3/c18-12-7-11(14(23)8-13(12)19)16(20)10-1-4-22(5-2-10)17(24)15-9-21-3-6-25-15/h10-16,21,23H,1-9,20H2/t11?,12?,13?,14?,15-,16-/m1/s1. The summed E-state index contributed by atoms with van der Waals surface area (Å²) in [6, 6.07) is -0.106. The minimum atomic E-state index is -0.492. The van der Waals surface area contributed by atoms with Gasteiger partial charge >= 0.3 is 0 Å². The van der Waals surface area contributed by atoms with Crippen molar-refractivity contribution < 1.29 is 14.6 Å². The Bertz CT molecular complexity index is 456. The lowest BCUT2D eigenvalue weighted by Gasteiger charge is -2.43. The number of aliphatic hydroxyl groups is 1. The molecule has 0 spiro atoms. The summed E-state index contributed by atoms with van der Waals surface area (Å²) >= 11 is 12.4. The first-order valence-electron chi connectivity index (χ1n) is 9.30. The zero-order valence-electron chi connectivity index (χ0n) is 14.4. The lowest BCUT2D eigenvalue weighted by atomic mass is 9.74. The van der Waals surface area contributed by atoms with Crippen LogP contribution in [0, 0.1) is 11.8 Å². The van der Waals surface area contributed by atoms with Gasteiger partial charge in [-0.05, 0) is 31.6 Å². The Balaban J connectivity index is 1.50. The molecule has 2 aliphatic heterocycles. The molecule has 0 aromatic heterocycles. The largest absolute Gasteiger partial charge is 0.393 e. The van der Waals surface area contributed by atoms with E-state index in [1.807, 2.05) is 4.90 Å². The molecule has 144 valence electrons. The molecule has 25 heavy (non-hydrogen) atoms. The molecule has 6 atom stereocenters. The number of carbonyl (C=O) groups is 1. The van der Waals surface area contributed by atoms with Crippen molar-refractivity contribution >= 4 is 29.1 Å². The van der Waals surface area contributed by atoms with Gasteiger partial charge in [0.25, 0.3) is 5.91 Å². The van der Waals surface area contributed by atoms with Gasteiger partial charge in [-0.25, -0.2) is 0 Å². The van der Waals surface area contributed by atoms with Gasteiger partial charge in [-0.3, -0.25) is 4.79 Å². The first-order chi connectivity index (χ1) is 12.0. The number of aliphatic hydroxyl groups excluding tert-OH is 1. The highest BCUT2D eigenvalue weighted by atomic mass is 35.5. The van der Waals surface area contributed by atoms with Crippen LogP contribution in [0.5, 0.6) is 0 Å². The van der Waals surface area contributed by atoms with E-state index in [1.165, 1.54) is 0 Å². The monoisotopic (exact) mass is 393 g/mol. The number of ether oxygens (including phenoxy) is 1. The third-order valence-corrected chi connectivity index (χ3v) is 7.04. The SMILES string of the molecule is N[C@H](C1CCN(C(=O)[C@H]2CNCCO2)CC1)C1CC(Cl)C(Cl)CC1O. The number of morpholine rings is 1. The van der Waals surface area contributed by atoms with Gasteiger partial charge in [0.2, 0.25) is 0 Å². The number of hydrogen-bond acceptors (Lipinski definition) is 5. The zero-order valence-corrected chi connectivity index (χ0v) is 16.0. The molecule has 8 heteroatoms. The van der Waals surface area contributed by atoms with Gasteiger partial charge in [0.1, 0.15) is 6.10 Å². The molecule has 3 rings (SSSR count). The Kier molecular flexibility index (Phi) is 6.85. The molecule has 1 amide bonds. The number of hydrogen-bond donors (Lipinski definition) is 3. The highest BCUT2D eigenvalue weighted by molar-refractivity contribution is 6.30. The Labute approximate surface area is 159 Å². The third-order valence-electron chi connectivity index (χ3n) is 5.94. The number of carbonyl (C=O) groups excluding carboxylic acids is 1. The fourth-order valence-electron chi connectivity index (χ4n) is 4.31. The fourth-order valence-corrected chi connectivity index (χ4v) is 4.91. The molecule has 6 nitrogen and oxygen atoms in total. The molecule has 2 heterocycles. The maximum atomic E-state index is 12.5. The van der Waals surface area contributed by atoms with Crippen LogP contribution in [-0.4, -0.2) is 77.7 Å². The summed E-state index contributed by atoms with van der Waals surface area (Å²) in [5, 5.41) is 13.2. The second-order valence-electron chi connectivity index (χ2n) is 7.54. The first kappa shape index (κ1) is 19.6. The molecular formula is C17H29Cl2N3O3. The minimum absolute atomic E-state index is 0.0179. The summed E-state index contributed by atoms with van der Waals surface area (Å²) in [6.07, 6.45) is 2.00. The van der Waals surface area contributed by atoms with Gasteiger partial charge in [0, 0.05) is 38.1 Å². The number of nitrogens with two attached hydrogens (primary N) is 1. The molecule has 4 unspecified atom stereocenters. The predicted molar refractivity (Wildman–Crippen MR) is 97.9 cm³/mol. The van der Waals surface area contributed by atoms with Crippen LogP contribution < -0.4 is 11.1 Å². The van der Waals surface area contributed by atoms with E-state index in [4.69, 9.17) is 33.7 Å². The van der Waals surface area contributed by atoms with Crippen molar-refractivity contribution in [1.82, 2.24) is 10.2 Å². The molecule has 3 aliphatic rings. The number of nitrogens with zero attached hydrogens (tertiary/aromatic N) is 1. The Morgan fingerprint density at radius 3 is 2.56 bits per heavy atom. The van der Waals surface area contributed by atoms with Crippen LogP contribution in [0.15, 0.2) is 0 Å². The molecule has 0 bridgehead atoms. The van der Waals surface area contributed by atoms with Gasteiger partial charge in [-0.2, -0.15) is 0 Å². The van der Waals surface area contributed by atoms with Crippen LogP contribution in [0.3, 0.4) is 0 Å². The number of nitrogens with one attached hydrogen (secondary N) is 1. The Morgan fingerprint density at radius 2 is 1.92 bits per heavy atom.